The fraction of sp³-hybridized carbons (Fsp3) is 0.611. The minimum Gasteiger partial charge on any atom is -0.376 e. The summed E-state index contributed by atoms with van der Waals surface area (Å²) in [4.78, 5) is 14.4. The number of likely N-dealkylation sites (tertiary alicyclic amines) is 1. The highest BCUT2D eigenvalue weighted by atomic mass is 35.5. The monoisotopic (exact) mass is 354 g/mol. The quantitative estimate of drug-likeness (QED) is 0.883. The molecule has 2 aliphatic heterocycles. The number of ether oxygens (including phenoxy) is 1. The molecule has 1 aromatic rings. The fourth-order valence-corrected chi connectivity index (χ4v) is 3.57. The Morgan fingerprint density at radius 2 is 2.12 bits per heavy atom. The van der Waals surface area contributed by atoms with E-state index in [2.05, 4.69) is 10.2 Å². The SMILES string of the molecule is O=C(NCC1CCCO1)C1CCN(Cc2ccc(Cl)cc2F)CC1. The van der Waals surface area contributed by atoms with E-state index >= 15 is 0 Å². The maximum absolute atomic E-state index is 13.9. The molecule has 6 heteroatoms. The average Bonchev–Trinajstić information content (AvgIpc) is 3.09. The second kappa shape index (κ2) is 8.28. The molecule has 24 heavy (non-hydrogen) atoms. The van der Waals surface area contributed by atoms with Gasteiger partial charge in [-0.15, -0.1) is 0 Å². The Bertz CT molecular complexity index is 570. The molecule has 0 radical (unpaired) electrons. The van der Waals surface area contributed by atoms with E-state index in [1.807, 2.05) is 0 Å². The number of carbonyl (C=O) groups is 1. The van der Waals surface area contributed by atoms with Crippen LogP contribution in [0.25, 0.3) is 0 Å². The van der Waals surface area contributed by atoms with Crippen LogP contribution in [0.4, 0.5) is 4.39 Å². The highest BCUT2D eigenvalue weighted by Crippen LogP contribution is 2.22. The summed E-state index contributed by atoms with van der Waals surface area (Å²) in [6.45, 7) is 3.60. The lowest BCUT2D eigenvalue weighted by Gasteiger charge is -2.31. The van der Waals surface area contributed by atoms with E-state index in [0.29, 0.717) is 23.7 Å². The van der Waals surface area contributed by atoms with E-state index in [4.69, 9.17) is 16.3 Å². The molecule has 2 aliphatic rings. The van der Waals surface area contributed by atoms with E-state index in [9.17, 15) is 9.18 Å². The predicted octanol–water partition coefficient (Wildman–Crippen LogP) is 2.99. The lowest BCUT2D eigenvalue weighted by molar-refractivity contribution is -0.127. The third-order valence-electron chi connectivity index (χ3n) is 4.90. The first-order valence-corrected chi connectivity index (χ1v) is 9.05. The Morgan fingerprint density at radius 3 is 2.79 bits per heavy atom. The van der Waals surface area contributed by atoms with E-state index in [-0.39, 0.29) is 23.7 Å². The van der Waals surface area contributed by atoms with Gasteiger partial charge in [-0.25, -0.2) is 4.39 Å². The van der Waals surface area contributed by atoms with Crippen LogP contribution in [0.5, 0.6) is 0 Å². The zero-order valence-electron chi connectivity index (χ0n) is 13.8. The van der Waals surface area contributed by atoms with Crippen LogP contribution < -0.4 is 5.32 Å². The summed E-state index contributed by atoms with van der Waals surface area (Å²) in [6, 6.07) is 4.80. The van der Waals surface area contributed by atoms with Gasteiger partial charge in [0.2, 0.25) is 5.91 Å². The van der Waals surface area contributed by atoms with Crippen LogP contribution in [-0.4, -0.2) is 43.2 Å². The standard InChI is InChI=1S/C18H24ClFN2O2/c19-15-4-3-14(17(20)10-15)12-22-7-5-13(6-8-22)18(23)21-11-16-2-1-9-24-16/h3-4,10,13,16H,1-2,5-9,11-12H2,(H,21,23). The van der Waals surface area contributed by atoms with Gasteiger partial charge in [0, 0.05) is 36.2 Å². The van der Waals surface area contributed by atoms with E-state index in [0.717, 1.165) is 45.4 Å². The topological polar surface area (TPSA) is 41.6 Å². The van der Waals surface area contributed by atoms with Crippen molar-refractivity contribution in [2.75, 3.05) is 26.2 Å². The molecule has 2 saturated heterocycles. The molecule has 1 aromatic carbocycles. The maximum Gasteiger partial charge on any atom is 0.223 e. The third-order valence-corrected chi connectivity index (χ3v) is 5.13. The number of rotatable bonds is 5. The summed E-state index contributed by atoms with van der Waals surface area (Å²) >= 11 is 5.78. The van der Waals surface area contributed by atoms with Crippen LogP contribution in [0.3, 0.4) is 0 Å². The van der Waals surface area contributed by atoms with Gasteiger partial charge in [0.25, 0.3) is 0 Å². The Balaban J connectivity index is 1.42. The van der Waals surface area contributed by atoms with Gasteiger partial charge in [0.1, 0.15) is 5.82 Å². The minimum absolute atomic E-state index is 0.0534. The van der Waals surface area contributed by atoms with Crippen molar-refractivity contribution in [1.82, 2.24) is 10.2 Å². The smallest absolute Gasteiger partial charge is 0.223 e. The molecular weight excluding hydrogens is 331 g/mol. The molecule has 1 atom stereocenters. The highest BCUT2D eigenvalue weighted by Gasteiger charge is 2.26. The molecule has 0 aromatic heterocycles. The first-order valence-electron chi connectivity index (χ1n) is 8.67. The summed E-state index contributed by atoms with van der Waals surface area (Å²) < 4.78 is 19.4. The number of amides is 1. The minimum atomic E-state index is -0.265. The van der Waals surface area contributed by atoms with Crippen LogP contribution in [0, 0.1) is 11.7 Å². The summed E-state index contributed by atoms with van der Waals surface area (Å²) in [6.07, 6.45) is 3.92. The average molecular weight is 355 g/mol. The zero-order valence-corrected chi connectivity index (χ0v) is 14.5. The molecule has 0 spiro atoms. The fourth-order valence-electron chi connectivity index (χ4n) is 3.41. The first kappa shape index (κ1) is 17.6. The van der Waals surface area contributed by atoms with Gasteiger partial charge in [-0.3, -0.25) is 9.69 Å². The Hall–Kier alpha value is -1.17. The van der Waals surface area contributed by atoms with Crippen molar-refractivity contribution in [3.05, 3.63) is 34.6 Å². The summed E-state index contributed by atoms with van der Waals surface area (Å²) in [5.74, 6) is -0.0838. The van der Waals surface area contributed by atoms with Gasteiger partial charge in [-0.05, 0) is 50.9 Å². The number of hydrogen-bond acceptors (Lipinski definition) is 3. The first-order chi connectivity index (χ1) is 11.6. The third kappa shape index (κ3) is 4.68. The number of nitrogens with one attached hydrogen (secondary N) is 1. The Morgan fingerprint density at radius 1 is 1.33 bits per heavy atom. The summed E-state index contributed by atoms with van der Waals surface area (Å²) in [7, 11) is 0. The Kier molecular flexibility index (Phi) is 6.09. The van der Waals surface area contributed by atoms with Crippen molar-refractivity contribution >= 4 is 17.5 Å². The number of benzene rings is 1. The van der Waals surface area contributed by atoms with Crippen molar-refractivity contribution in [3.8, 4) is 0 Å². The van der Waals surface area contributed by atoms with Gasteiger partial charge < -0.3 is 10.1 Å². The second-order valence-corrected chi connectivity index (χ2v) is 7.10. The Labute approximate surface area is 147 Å². The molecule has 132 valence electrons. The van der Waals surface area contributed by atoms with Crippen molar-refractivity contribution in [2.24, 2.45) is 5.92 Å². The number of halogens is 2. The van der Waals surface area contributed by atoms with Crippen molar-refractivity contribution in [2.45, 2.75) is 38.3 Å². The lowest BCUT2D eigenvalue weighted by Crippen LogP contribution is -2.42. The van der Waals surface area contributed by atoms with Gasteiger partial charge in [-0.1, -0.05) is 17.7 Å². The largest absolute Gasteiger partial charge is 0.376 e. The van der Waals surface area contributed by atoms with Crippen molar-refractivity contribution in [3.63, 3.8) is 0 Å². The van der Waals surface area contributed by atoms with E-state index in [1.54, 1.807) is 12.1 Å². The molecule has 2 fully saturated rings. The molecule has 3 rings (SSSR count). The number of piperidine rings is 1. The van der Waals surface area contributed by atoms with Crippen molar-refractivity contribution in [1.29, 1.82) is 0 Å². The zero-order chi connectivity index (χ0) is 16.9. The highest BCUT2D eigenvalue weighted by molar-refractivity contribution is 6.30. The van der Waals surface area contributed by atoms with Gasteiger partial charge in [-0.2, -0.15) is 0 Å². The summed E-state index contributed by atoms with van der Waals surface area (Å²) in [5, 5.41) is 3.43. The molecule has 1 amide bonds. The summed E-state index contributed by atoms with van der Waals surface area (Å²) in [5.41, 5.74) is 0.653. The maximum atomic E-state index is 13.9. The van der Waals surface area contributed by atoms with Crippen LogP contribution in [-0.2, 0) is 16.1 Å². The predicted molar refractivity (Wildman–Crippen MR) is 91.4 cm³/mol. The normalized spacial score (nSPS) is 22.7. The molecule has 2 heterocycles. The molecule has 0 bridgehead atoms. The van der Waals surface area contributed by atoms with Crippen LogP contribution in [0.15, 0.2) is 18.2 Å². The van der Waals surface area contributed by atoms with Crippen LogP contribution >= 0.6 is 11.6 Å². The molecular formula is C18H24ClFN2O2. The lowest BCUT2D eigenvalue weighted by atomic mass is 9.95. The number of carbonyl (C=O) groups excluding carboxylic acids is 1. The number of nitrogens with zero attached hydrogens (tertiary/aromatic N) is 1. The molecule has 0 aliphatic carbocycles. The van der Waals surface area contributed by atoms with Crippen LogP contribution in [0.2, 0.25) is 5.02 Å². The molecule has 4 nitrogen and oxygen atoms in total. The van der Waals surface area contributed by atoms with Gasteiger partial charge in [0.05, 0.1) is 6.10 Å². The van der Waals surface area contributed by atoms with Gasteiger partial charge in [0.15, 0.2) is 0 Å². The van der Waals surface area contributed by atoms with E-state index in [1.165, 1.54) is 6.07 Å². The molecule has 1 N–H and O–H groups in total. The van der Waals surface area contributed by atoms with E-state index < -0.39 is 0 Å². The second-order valence-electron chi connectivity index (χ2n) is 6.67. The van der Waals surface area contributed by atoms with Crippen LogP contribution in [0.1, 0.15) is 31.2 Å². The molecule has 1 unspecified atom stereocenters. The van der Waals surface area contributed by atoms with Gasteiger partial charge >= 0.3 is 0 Å². The number of hydrogen-bond donors (Lipinski definition) is 1. The molecule has 0 saturated carbocycles. The van der Waals surface area contributed by atoms with Crippen molar-refractivity contribution < 1.29 is 13.9 Å².